The fourth-order valence-electron chi connectivity index (χ4n) is 3.45. The van der Waals surface area contributed by atoms with Crippen LogP contribution in [0.25, 0.3) is 0 Å². The standard InChI is InChI=1S/C17H19N3O2S/c18-17-20-16-15(23-17)12(9-14(21)19-16)11-7-3-4-8-13(11)22-10-5-1-2-6-10/h3-4,7-8,10,12H,1-2,5-6,9H2,(H2,18,20)(H,19,21). The topological polar surface area (TPSA) is 77.2 Å². The summed E-state index contributed by atoms with van der Waals surface area (Å²) in [4.78, 5) is 17.3. The van der Waals surface area contributed by atoms with Crippen molar-refractivity contribution in [1.82, 2.24) is 4.98 Å². The molecule has 1 aromatic heterocycles. The highest BCUT2D eigenvalue weighted by Crippen LogP contribution is 2.44. The second-order valence-electron chi connectivity index (χ2n) is 6.13. The van der Waals surface area contributed by atoms with Gasteiger partial charge in [-0.1, -0.05) is 29.5 Å². The molecule has 4 rings (SSSR count). The van der Waals surface area contributed by atoms with Crippen molar-refractivity contribution in [3.8, 4) is 5.75 Å². The second kappa shape index (κ2) is 5.85. The number of carbonyl (C=O) groups excluding carboxylic acids is 1. The molecule has 2 aromatic rings. The molecule has 0 saturated heterocycles. The summed E-state index contributed by atoms with van der Waals surface area (Å²) in [6, 6.07) is 8.03. The third kappa shape index (κ3) is 2.79. The Balaban J connectivity index is 1.71. The number of aromatic nitrogens is 1. The highest BCUT2D eigenvalue weighted by Gasteiger charge is 2.32. The van der Waals surface area contributed by atoms with E-state index in [1.807, 2.05) is 24.3 Å². The zero-order valence-corrected chi connectivity index (χ0v) is 13.6. The van der Waals surface area contributed by atoms with E-state index >= 15 is 0 Å². The quantitative estimate of drug-likeness (QED) is 0.903. The van der Waals surface area contributed by atoms with Gasteiger partial charge in [0.15, 0.2) is 5.13 Å². The minimum absolute atomic E-state index is 0.0246. The molecule has 3 N–H and O–H groups in total. The largest absolute Gasteiger partial charge is 0.490 e. The Morgan fingerprint density at radius 2 is 2.04 bits per heavy atom. The maximum atomic E-state index is 12.0. The molecule has 1 unspecified atom stereocenters. The fourth-order valence-corrected chi connectivity index (χ4v) is 4.36. The van der Waals surface area contributed by atoms with Gasteiger partial charge in [-0.25, -0.2) is 4.98 Å². The van der Waals surface area contributed by atoms with Crippen LogP contribution in [0.3, 0.4) is 0 Å². The summed E-state index contributed by atoms with van der Waals surface area (Å²) in [6.45, 7) is 0. The van der Waals surface area contributed by atoms with E-state index < -0.39 is 0 Å². The van der Waals surface area contributed by atoms with Gasteiger partial charge >= 0.3 is 0 Å². The summed E-state index contributed by atoms with van der Waals surface area (Å²) >= 11 is 1.44. The Labute approximate surface area is 138 Å². The summed E-state index contributed by atoms with van der Waals surface area (Å²) in [6.07, 6.45) is 5.37. The number of ether oxygens (including phenoxy) is 1. The van der Waals surface area contributed by atoms with E-state index in [1.54, 1.807) is 0 Å². The number of rotatable bonds is 3. The van der Waals surface area contributed by atoms with E-state index in [0.29, 0.717) is 23.5 Å². The summed E-state index contributed by atoms with van der Waals surface area (Å²) in [7, 11) is 0. The van der Waals surface area contributed by atoms with Gasteiger partial charge < -0.3 is 15.8 Å². The lowest BCUT2D eigenvalue weighted by Gasteiger charge is -2.25. The van der Waals surface area contributed by atoms with Gasteiger partial charge in [-0.05, 0) is 31.7 Å². The molecule has 2 aliphatic rings. The lowest BCUT2D eigenvalue weighted by molar-refractivity contribution is -0.116. The molecule has 120 valence electrons. The van der Waals surface area contributed by atoms with Gasteiger partial charge in [0.2, 0.25) is 5.91 Å². The number of carbonyl (C=O) groups is 1. The Morgan fingerprint density at radius 3 is 2.87 bits per heavy atom. The zero-order chi connectivity index (χ0) is 15.8. The van der Waals surface area contributed by atoms with Gasteiger partial charge in [-0.15, -0.1) is 0 Å². The van der Waals surface area contributed by atoms with E-state index in [2.05, 4.69) is 10.3 Å². The molecule has 1 saturated carbocycles. The minimum atomic E-state index is -0.0360. The predicted molar refractivity (Wildman–Crippen MR) is 90.9 cm³/mol. The highest BCUT2D eigenvalue weighted by atomic mass is 32.1. The SMILES string of the molecule is Nc1nc2c(s1)C(c1ccccc1OC1CCCC1)CC(=O)N2. The number of fused-ring (bicyclic) bond motifs is 1. The average Bonchev–Trinajstić information content (AvgIpc) is 3.15. The number of hydrogen-bond acceptors (Lipinski definition) is 5. The first-order valence-corrected chi connectivity index (χ1v) is 8.84. The Hall–Kier alpha value is -2.08. The molecule has 6 heteroatoms. The molecule has 1 aliphatic carbocycles. The van der Waals surface area contributed by atoms with Gasteiger partial charge in [-0.3, -0.25) is 4.79 Å². The van der Waals surface area contributed by atoms with E-state index in [0.717, 1.165) is 29.0 Å². The number of thiazole rings is 1. The van der Waals surface area contributed by atoms with Crippen molar-refractivity contribution in [2.24, 2.45) is 0 Å². The van der Waals surface area contributed by atoms with Crippen LogP contribution in [-0.2, 0) is 4.79 Å². The van der Waals surface area contributed by atoms with Crippen LogP contribution in [0.5, 0.6) is 5.75 Å². The number of anilines is 2. The Bertz CT molecular complexity index is 737. The average molecular weight is 329 g/mol. The number of nitrogens with two attached hydrogens (primary N) is 1. The van der Waals surface area contributed by atoms with Crippen LogP contribution in [0.4, 0.5) is 10.9 Å². The second-order valence-corrected chi connectivity index (χ2v) is 7.19. The number of nitrogen functional groups attached to an aromatic ring is 1. The molecule has 1 amide bonds. The Morgan fingerprint density at radius 1 is 1.26 bits per heavy atom. The zero-order valence-electron chi connectivity index (χ0n) is 12.7. The lowest BCUT2D eigenvalue weighted by Crippen LogP contribution is -2.23. The molecule has 0 radical (unpaired) electrons. The minimum Gasteiger partial charge on any atom is -0.490 e. The molecule has 1 aliphatic heterocycles. The number of hydrogen-bond donors (Lipinski definition) is 2. The maximum absolute atomic E-state index is 12.0. The first-order valence-electron chi connectivity index (χ1n) is 8.02. The third-order valence-electron chi connectivity index (χ3n) is 4.52. The van der Waals surface area contributed by atoms with Crippen molar-refractivity contribution in [3.63, 3.8) is 0 Å². The highest BCUT2D eigenvalue weighted by molar-refractivity contribution is 7.16. The summed E-state index contributed by atoms with van der Waals surface area (Å²) < 4.78 is 6.24. The van der Waals surface area contributed by atoms with Crippen LogP contribution in [-0.4, -0.2) is 17.0 Å². The van der Waals surface area contributed by atoms with Crippen LogP contribution in [0.2, 0.25) is 0 Å². The number of para-hydroxylation sites is 1. The summed E-state index contributed by atoms with van der Waals surface area (Å²) in [5.41, 5.74) is 6.89. The fraction of sp³-hybridized carbons (Fsp3) is 0.412. The molecular weight excluding hydrogens is 310 g/mol. The first kappa shape index (κ1) is 14.5. The normalized spacial score (nSPS) is 21.0. The number of benzene rings is 1. The molecule has 23 heavy (non-hydrogen) atoms. The van der Waals surface area contributed by atoms with Crippen molar-refractivity contribution < 1.29 is 9.53 Å². The van der Waals surface area contributed by atoms with Gasteiger partial charge in [0, 0.05) is 17.9 Å². The third-order valence-corrected chi connectivity index (χ3v) is 5.52. The van der Waals surface area contributed by atoms with Crippen molar-refractivity contribution in [2.75, 3.05) is 11.1 Å². The van der Waals surface area contributed by atoms with E-state index in [1.165, 1.54) is 24.2 Å². The van der Waals surface area contributed by atoms with Gasteiger partial charge in [-0.2, -0.15) is 0 Å². The molecule has 5 nitrogen and oxygen atoms in total. The molecule has 1 atom stereocenters. The van der Waals surface area contributed by atoms with Crippen LogP contribution < -0.4 is 15.8 Å². The van der Waals surface area contributed by atoms with Crippen molar-refractivity contribution in [1.29, 1.82) is 0 Å². The Kier molecular flexibility index (Phi) is 3.69. The van der Waals surface area contributed by atoms with E-state index in [-0.39, 0.29) is 11.8 Å². The van der Waals surface area contributed by atoms with E-state index in [9.17, 15) is 4.79 Å². The van der Waals surface area contributed by atoms with Crippen LogP contribution >= 0.6 is 11.3 Å². The maximum Gasteiger partial charge on any atom is 0.226 e. The lowest BCUT2D eigenvalue weighted by atomic mass is 9.91. The summed E-state index contributed by atoms with van der Waals surface area (Å²) in [5, 5.41) is 3.30. The van der Waals surface area contributed by atoms with Gasteiger partial charge in [0.1, 0.15) is 11.6 Å². The van der Waals surface area contributed by atoms with Crippen LogP contribution in [0, 0.1) is 0 Å². The monoisotopic (exact) mass is 329 g/mol. The smallest absolute Gasteiger partial charge is 0.226 e. The van der Waals surface area contributed by atoms with Crippen molar-refractivity contribution in [2.45, 2.75) is 44.1 Å². The predicted octanol–water partition coefficient (Wildman–Crippen LogP) is 3.52. The molecule has 0 bridgehead atoms. The first-order chi connectivity index (χ1) is 11.2. The van der Waals surface area contributed by atoms with Crippen molar-refractivity contribution in [3.05, 3.63) is 34.7 Å². The molecule has 1 aromatic carbocycles. The molecule has 0 spiro atoms. The molecular formula is C17H19N3O2S. The molecule has 1 fully saturated rings. The van der Waals surface area contributed by atoms with Gasteiger partial charge in [0.25, 0.3) is 0 Å². The summed E-state index contributed by atoms with van der Waals surface area (Å²) in [5.74, 6) is 1.43. The number of nitrogens with one attached hydrogen (secondary N) is 1. The van der Waals surface area contributed by atoms with Crippen LogP contribution in [0.15, 0.2) is 24.3 Å². The number of amides is 1. The van der Waals surface area contributed by atoms with Crippen molar-refractivity contribution >= 4 is 28.2 Å². The van der Waals surface area contributed by atoms with Crippen LogP contribution in [0.1, 0.15) is 48.5 Å². The van der Waals surface area contributed by atoms with E-state index in [4.69, 9.17) is 10.5 Å². The molecule has 2 heterocycles. The number of nitrogens with zero attached hydrogens (tertiary/aromatic N) is 1. The van der Waals surface area contributed by atoms with Gasteiger partial charge in [0.05, 0.1) is 11.0 Å².